The molecule has 10 nitrogen and oxygen atoms in total. The highest BCUT2D eigenvalue weighted by molar-refractivity contribution is 5.73. The van der Waals surface area contributed by atoms with Crippen molar-refractivity contribution >= 4 is 11.9 Å². The maximum Gasteiger partial charge on any atom is 0.307 e. The van der Waals surface area contributed by atoms with Gasteiger partial charge in [-0.05, 0) is 107 Å². The molecular formula is C44H68N6O4. The first-order valence-corrected chi connectivity index (χ1v) is 20.8. The van der Waals surface area contributed by atoms with Crippen LogP contribution < -0.4 is 11.1 Å². The standard InChI is InChI=1S/C44H68N6O4/c1-27(2)29(5)40(7)20-21-41(8)31-16-17-34-39(6)22-33(50-48-38(45)47-49-50)36(54-25-43(10,28(3)4)46-23-30-14-12-11-13-15-30)44(34,26-53-24-39)32(31)18-19-42(41,9)35(40)37(51)52/h11-15,18,27-29,31,33-36,46H,16-17,19-26H2,1-10H3,(H2,45,48)(H,51,52)/t29-,31+,33-,34-,35-,36+,39-,40-,41-,42+,43-,44+/m1/s1. The number of ether oxygens (including phenoxy) is 2. The summed E-state index contributed by atoms with van der Waals surface area (Å²) < 4.78 is 14.3. The first kappa shape index (κ1) is 39.4. The van der Waals surface area contributed by atoms with Crippen molar-refractivity contribution in [2.24, 2.45) is 62.6 Å². The molecular weight excluding hydrogens is 677 g/mol. The minimum Gasteiger partial charge on any atom is -0.481 e. The van der Waals surface area contributed by atoms with E-state index in [4.69, 9.17) is 15.2 Å². The van der Waals surface area contributed by atoms with Crippen LogP contribution in [-0.2, 0) is 20.8 Å². The number of benzene rings is 1. The smallest absolute Gasteiger partial charge is 0.307 e. The molecule has 10 heteroatoms. The number of hydrogen-bond acceptors (Lipinski definition) is 8. The highest BCUT2D eigenvalue weighted by Crippen LogP contribution is 2.75. The molecule has 1 aliphatic heterocycles. The SMILES string of the molecule is CC(C)[C@@H](C)[C@@]1(C)CC[C@]2(C)[C@H]3CC[C@@H]4[C@@]5(C)COC[C@@]4(C3=CC[C@@]2(C)[C@@H]1C(=O)O)[C@@H](OC[C@@](C)(NCc1ccccc1)C(C)C)[C@H](n1nnc(N)n1)C5. The zero-order valence-corrected chi connectivity index (χ0v) is 34.7. The zero-order valence-electron chi connectivity index (χ0n) is 34.7. The van der Waals surface area contributed by atoms with Crippen molar-refractivity contribution in [3.63, 3.8) is 0 Å². The molecule has 5 aliphatic rings. The molecule has 0 unspecified atom stereocenters. The number of tetrazole rings is 1. The molecule has 4 N–H and O–H groups in total. The number of anilines is 1. The highest BCUT2D eigenvalue weighted by atomic mass is 16.5. The van der Waals surface area contributed by atoms with E-state index in [1.165, 1.54) is 11.1 Å². The number of carboxylic acids is 1. The van der Waals surface area contributed by atoms with Crippen LogP contribution in [0.4, 0.5) is 5.95 Å². The Morgan fingerprint density at radius 2 is 1.80 bits per heavy atom. The molecule has 3 saturated carbocycles. The molecule has 0 spiro atoms. The van der Waals surface area contributed by atoms with Gasteiger partial charge in [0, 0.05) is 17.5 Å². The average Bonchev–Trinajstić information content (AvgIpc) is 3.56. The van der Waals surface area contributed by atoms with Gasteiger partial charge in [0.2, 0.25) is 0 Å². The van der Waals surface area contributed by atoms with Crippen LogP contribution >= 0.6 is 0 Å². The van der Waals surface area contributed by atoms with Crippen LogP contribution in [0, 0.1) is 62.6 Å². The first-order valence-electron chi connectivity index (χ1n) is 20.8. The number of carbonyl (C=O) groups is 1. The Morgan fingerprint density at radius 3 is 2.43 bits per heavy atom. The summed E-state index contributed by atoms with van der Waals surface area (Å²) in [5.41, 5.74) is 7.02. The maximum absolute atomic E-state index is 13.6. The summed E-state index contributed by atoms with van der Waals surface area (Å²) in [6.45, 7) is 25.5. The fraction of sp³-hybridized carbons (Fsp3) is 0.773. The van der Waals surface area contributed by atoms with Crippen molar-refractivity contribution in [1.82, 2.24) is 25.5 Å². The van der Waals surface area contributed by atoms with Crippen molar-refractivity contribution in [3.8, 4) is 0 Å². The van der Waals surface area contributed by atoms with Gasteiger partial charge in [-0.15, -0.1) is 5.10 Å². The quantitative estimate of drug-likeness (QED) is 0.196. The molecule has 1 aromatic heterocycles. The molecule has 4 fully saturated rings. The van der Waals surface area contributed by atoms with Gasteiger partial charge in [0.25, 0.3) is 5.95 Å². The van der Waals surface area contributed by atoms with Crippen LogP contribution in [0.1, 0.15) is 119 Å². The molecule has 0 radical (unpaired) electrons. The van der Waals surface area contributed by atoms with Gasteiger partial charge >= 0.3 is 5.97 Å². The summed E-state index contributed by atoms with van der Waals surface area (Å²) in [7, 11) is 0. The second kappa shape index (κ2) is 13.7. The van der Waals surface area contributed by atoms with Crippen LogP contribution in [0.5, 0.6) is 0 Å². The van der Waals surface area contributed by atoms with Crippen LogP contribution in [0.3, 0.4) is 0 Å². The fourth-order valence-electron chi connectivity index (χ4n) is 13.0. The summed E-state index contributed by atoms with van der Waals surface area (Å²) >= 11 is 0. The van der Waals surface area contributed by atoms with E-state index in [-0.39, 0.29) is 57.6 Å². The summed E-state index contributed by atoms with van der Waals surface area (Å²) in [5, 5.41) is 28.4. The number of rotatable bonds is 11. The first-order chi connectivity index (χ1) is 25.4. The van der Waals surface area contributed by atoms with Crippen molar-refractivity contribution in [2.45, 2.75) is 132 Å². The van der Waals surface area contributed by atoms with Crippen LogP contribution in [0.2, 0.25) is 0 Å². The van der Waals surface area contributed by atoms with Crippen LogP contribution in [0.15, 0.2) is 42.0 Å². The third-order valence-electron chi connectivity index (χ3n) is 17.1. The van der Waals surface area contributed by atoms with Crippen molar-refractivity contribution in [2.75, 3.05) is 25.6 Å². The number of nitrogens with two attached hydrogens (primary N) is 1. The maximum atomic E-state index is 13.6. The van der Waals surface area contributed by atoms with E-state index in [0.29, 0.717) is 31.7 Å². The van der Waals surface area contributed by atoms with Crippen molar-refractivity contribution in [3.05, 3.63) is 47.5 Å². The van der Waals surface area contributed by atoms with Crippen molar-refractivity contribution in [1.29, 1.82) is 0 Å². The predicted octanol–water partition coefficient (Wildman–Crippen LogP) is 7.97. The molecule has 54 heavy (non-hydrogen) atoms. The number of fused-ring (bicyclic) bond motifs is 3. The molecule has 2 heterocycles. The Balaban J connectivity index is 1.33. The number of carboxylic acid groups (broad SMARTS) is 1. The highest BCUT2D eigenvalue weighted by Gasteiger charge is 2.73. The Kier molecular flexibility index (Phi) is 9.99. The summed E-state index contributed by atoms with van der Waals surface area (Å²) in [4.78, 5) is 15.4. The van der Waals surface area contributed by atoms with Crippen LogP contribution in [0.25, 0.3) is 0 Å². The van der Waals surface area contributed by atoms with Gasteiger partial charge in [0.15, 0.2) is 0 Å². The summed E-state index contributed by atoms with van der Waals surface area (Å²) in [6, 6.07) is 10.4. The molecule has 7 rings (SSSR count). The monoisotopic (exact) mass is 745 g/mol. The Morgan fingerprint density at radius 1 is 1.07 bits per heavy atom. The molecule has 1 saturated heterocycles. The number of aliphatic carboxylic acids is 1. The lowest BCUT2D eigenvalue weighted by Crippen LogP contribution is -2.70. The second-order valence-corrected chi connectivity index (χ2v) is 20.3. The Labute approximate surface area is 323 Å². The molecule has 0 amide bonds. The van der Waals surface area contributed by atoms with Gasteiger partial charge in [-0.3, -0.25) is 4.79 Å². The van der Waals surface area contributed by atoms with E-state index in [0.717, 1.165) is 45.1 Å². The third kappa shape index (κ3) is 5.81. The number of nitrogens with zero attached hydrogens (tertiary/aromatic N) is 4. The van der Waals surface area contributed by atoms with Crippen LogP contribution in [-0.4, -0.2) is 62.7 Å². The minimum atomic E-state index is -0.638. The van der Waals surface area contributed by atoms with E-state index in [9.17, 15) is 9.90 Å². The molecule has 2 aromatic rings. The molecule has 2 bridgehead atoms. The van der Waals surface area contributed by atoms with E-state index in [1.54, 1.807) is 4.80 Å². The van der Waals surface area contributed by atoms with E-state index in [1.807, 2.05) is 0 Å². The average molecular weight is 745 g/mol. The number of allylic oxidation sites excluding steroid dienone is 1. The van der Waals surface area contributed by atoms with Crippen molar-refractivity contribution < 1.29 is 19.4 Å². The Hall–Kier alpha value is -2.82. The van der Waals surface area contributed by atoms with Gasteiger partial charge in [0.1, 0.15) is 6.04 Å². The second-order valence-electron chi connectivity index (χ2n) is 20.3. The topological polar surface area (TPSA) is 137 Å². The summed E-state index contributed by atoms with van der Waals surface area (Å²) in [5.74, 6) is 0.611. The number of hydrogen-bond donors (Lipinski definition) is 3. The number of nitrogen functional groups attached to an aromatic ring is 1. The van der Waals surface area contributed by atoms with E-state index >= 15 is 0 Å². The molecule has 4 aliphatic carbocycles. The van der Waals surface area contributed by atoms with Gasteiger partial charge in [-0.1, -0.05) is 109 Å². The van der Waals surface area contributed by atoms with Gasteiger partial charge in [0.05, 0.1) is 31.8 Å². The zero-order chi connectivity index (χ0) is 39.1. The van der Waals surface area contributed by atoms with Gasteiger partial charge in [-0.25, -0.2) is 0 Å². The molecule has 298 valence electrons. The lowest BCUT2D eigenvalue weighted by atomic mass is 9.34. The minimum absolute atomic E-state index is 0.132. The fourth-order valence-corrected chi connectivity index (χ4v) is 13.0. The van der Waals surface area contributed by atoms with E-state index < -0.39 is 22.7 Å². The molecule has 12 atom stereocenters. The van der Waals surface area contributed by atoms with E-state index in [2.05, 4.69) is 126 Å². The predicted molar refractivity (Wildman–Crippen MR) is 211 cm³/mol. The number of aromatic nitrogens is 4. The largest absolute Gasteiger partial charge is 0.481 e. The number of nitrogens with one attached hydrogen (secondary N) is 1. The summed E-state index contributed by atoms with van der Waals surface area (Å²) in [6.07, 6.45) is 7.75. The lowest BCUT2D eigenvalue weighted by molar-refractivity contribution is -0.256. The molecule has 1 aromatic carbocycles. The Bertz CT molecular complexity index is 1730. The van der Waals surface area contributed by atoms with Gasteiger partial charge in [-0.2, -0.15) is 4.80 Å². The normalized spacial score (nSPS) is 40.6. The lowest BCUT2D eigenvalue weighted by Gasteiger charge is -2.71. The van der Waals surface area contributed by atoms with Gasteiger partial charge < -0.3 is 25.6 Å². The third-order valence-corrected chi connectivity index (χ3v) is 17.1.